The van der Waals surface area contributed by atoms with Gasteiger partial charge in [0.15, 0.2) is 12.6 Å². The van der Waals surface area contributed by atoms with Gasteiger partial charge in [0.2, 0.25) is 0 Å². The molecule has 2 N–H and O–H groups in total. The number of pyridine rings is 1. The number of H-pyrrole nitrogens is 1. The van der Waals surface area contributed by atoms with Crippen LogP contribution in [-0.4, -0.2) is 64.4 Å². The van der Waals surface area contributed by atoms with Crippen molar-refractivity contribution in [3.05, 3.63) is 77.2 Å². The van der Waals surface area contributed by atoms with Gasteiger partial charge >= 0.3 is 5.97 Å². The highest BCUT2D eigenvalue weighted by atomic mass is 35.5. The van der Waals surface area contributed by atoms with Crippen LogP contribution in [0.1, 0.15) is 52.4 Å². The highest BCUT2D eigenvalue weighted by Gasteiger charge is 2.36. The standard InChI is InChI=1S/C29H24ClN7O4/c30-16-8-9-25-21(10-16)28(38)36(15-41-25)17-4-3-5-18(11-17)37-24-12-22(26-32-14-33-35-26)31-13-23(24)34-27(37)19-6-1-2-7-20(19)29(39)40/h1-2,6-10,12-14,17-18H,3-5,11,15H2,(H,39,40)(H,32,33,35)/t17-,18+/m0/s1. The van der Waals surface area contributed by atoms with Crippen molar-refractivity contribution in [2.75, 3.05) is 6.73 Å². The number of carbonyl (C=O) groups excluding carboxylic acids is 1. The predicted octanol–water partition coefficient (Wildman–Crippen LogP) is 5.21. The van der Waals surface area contributed by atoms with Crippen LogP contribution in [-0.2, 0) is 0 Å². The third kappa shape index (κ3) is 4.38. The molecule has 2 atom stereocenters. The molecule has 41 heavy (non-hydrogen) atoms. The zero-order valence-corrected chi connectivity index (χ0v) is 22.5. The van der Waals surface area contributed by atoms with Gasteiger partial charge in [0.1, 0.15) is 29.1 Å². The second kappa shape index (κ2) is 10.0. The molecule has 4 heterocycles. The third-order valence-electron chi connectivity index (χ3n) is 7.84. The molecule has 0 radical (unpaired) electrons. The summed E-state index contributed by atoms with van der Waals surface area (Å²) >= 11 is 6.19. The summed E-state index contributed by atoms with van der Waals surface area (Å²) in [6, 6.07) is 13.6. The highest BCUT2D eigenvalue weighted by molar-refractivity contribution is 6.31. The van der Waals surface area contributed by atoms with E-state index in [0.717, 1.165) is 24.8 Å². The van der Waals surface area contributed by atoms with Gasteiger partial charge in [0.25, 0.3) is 5.91 Å². The van der Waals surface area contributed by atoms with E-state index in [2.05, 4.69) is 24.7 Å². The maximum absolute atomic E-state index is 13.5. The lowest BCUT2D eigenvalue weighted by atomic mass is 9.89. The van der Waals surface area contributed by atoms with Crippen molar-refractivity contribution in [2.45, 2.75) is 37.8 Å². The Balaban J connectivity index is 1.32. The number of hydrogen-bond acceptors (Lipinski definition) is 7. The van der Waals surface area contributed by atoms with Gasteiger partial charge in [-0.15, -0.1) is 0 Å². The molecule has 11 nitrogen and oxygen atoms in total. The van der Waals surface area contributed by atoms with E-state index in [1.165, 1.54) is 6.33 Å². The van der Waals surface area contributed by atoms with Gasteiger partial charge in [0.05, 0.1) is 22.8 Å². The number of imidazole rings is 1. The number of benzene rings is 2. The summed E-state index contributed by atoms with van der Waals surface area (Å²) in [6.45, 7) is 0.156. The highest BCUT2D eigenvalue weighted by Crippen LogP contribution is 2.40. The monoisotopic (exact) mass is 569 g/mol. The van der Waals surface area contributed by atoms with Gasteiger partial charge < -0.3 is 19.3 Å². The number of hydrogen-bond donors (Lipinski definition) is 2. The fourth-order valence-corrected chi connectivity index (χ4v) is 6.12. The summed E-state index contributed by atoms with van der Waals surface area (Å²) in [7, 11) is 0. The van der Waals surface area contributed by atoms with Crippen molar-refractivity contribution < 1.29 is 19.4 Å². The Labute approximate surface area is 238 Å². The minimum Gasteiger partial charge on any atom is -0.478 e. The van der Waals surface area contributed by atoms with Crippen LogP contribution in [0.2, 0.25) is 5.02 Å². The van der Waals surface area contributed by atoms with Gasteiger partial charge in [-0.3, -0.25) is 14.9 Å². The molecule has 0 unspecified atom stereocenters. The molecule has 1 amide bonds. The molecule has 206 valence electrons. The molecule has 2 aromatic carbocycles. The second-order valence-electron chi connectivity index (χ2n) is 10.2. The lowest BCUT2D eigenvalue weighted by Crippen LogP contribution is -2.47. The first-order valence-corrected chi connectivity index (χ1v) is 13.7. The Kier molecular flexibility index (Phi) is 6.15. The van der Waals surface area contributed by atoms with E-state index in [0.29, 0.717) is 51.2 Å². The minimum atomic E-state index is -1.03. The molecule has 0 bridgehead atoms. The van der Waals surface area contributed by atoms with Crippen molar-refractivity contribution in [1.82, 2.24) is 34.6 Å². The maximum atomic E-state index is 13.5. The average Bonchev–Trinajstić information content (AvgIpc) is 3.66. The van der Waals surface area contributed by atoms with Gasteiger partial charge in [-0.1, -0.05) is 29.8 Å². The molecule has 1 aliphatic heterocycles. The average molecular weight is 570 g/mol. The Hall–Kier alpha value is -4.77. The zero-order valence-electron chi connectivity index (χ0n) is 21.7. The maximum Gasteiger partial charge on any atom is 0.336 e. The van der Waals surface area contributed by atoms with Crippen LogP contribution in [0.25, 0.3) is 33.9 Å². The summed E-state index contributed by atoms with van der Waals surface area (Å²) in [5.41, 5.74) is 3.11. The summed E-state index contributed by atoms with van der Waals surface area (Å²) in [4.78, 5) is 41.1. The first-order valence-electron chi connectivity index (χ1n) is 13.3. The number of rotatable bonds is 5. The van der Waals surface area contributed by atoms with E-state index in [-0.39, 0.29) is 30.3 Å². The van der Waals surface area contributed by atoms with Gasteiger partial charge in [-0.2, -0.15) is 5.10 Å². The summed E-state index contributed by atoms with van der Waals surface area (Å²) in [5.74, 6) is 0.372. The number of aromatic nitrogens is 6. The third-order valence-corrected chi connectivity index (χ3v) is 8.07. The fourth-order valence-electron chi connectivity index (χ4n) is 5.95. The number of carboxylic acids is 1. The Morgan fingerprint density at radius 1 is 1.07 bits per heavy atom. The number of aromatic amines is 1. The van der Waals surface area contributed by atoms with Crippen LogP contribution in [0.3, 0.4) is 0 Å². The van der Waals surface area contributed by atoms with Crippen molar-refractivity contribution in [2.24, 2.45) is 0 Å². The predicted molar refractivity (Wildman–Crippen MR) is 150 cm³/mol. The Morgan fingerprint density at radius 2 is 1.93 bits per heavy atom. The zero-order chi connectivity index (χ0) is 28.1. The minimum absolute atomic E-state index is 0.0773. The number of nitrogens with one attached hydrogen (secondary N) is 1. The number of carbonyl (C=O) groups is 2. The van der Waals surface area contributed by atoms with Crippen molar-refractivity contribution in [3.8, 4) is 28.7 Å². The summed E-state index contributed by atoms with van der Waals surface area (Å²) in [5, 5.41) is 17.3. The van der Waals surface area contributed by atoms with E-state index >= 15 is 0 Å². The smallest absolute Gasteiger partial charge is 0.336 e. The van der Waals surface area contributed by atoms with Crippen molar-refractivity contribution >= 4 is 34.5 Å². The number of amides is 1. The van der Waals surface area contributed by atoms with E-state index in [9.17, 15) is 14.7 Å². The number of aromatic carboxylic acids is 1. The SMILES string of the molecule is O=C(O)c1ccccc1-c1nc2cnc(-c3nc[nH]n3)cc2n1[C@@H]1CCC[C@H](N2COc3ccc(Cl)cc3C2=O)C1. The van der Waals surface area contributed by atoms with Crippen molar-refractivity contribution in [3.63, 3.8) is 0 Å². The van der Waals surface area contributed by atoms with Gasteiger partial charge in [-0.05, 0) is 56.0 Å². The first kappa shape index (κ1) is 25.2. The Bertz CT molecular complexity index is 1800. The van der Waals surface area contributed by atoms with E-state index in [4.69, 9.17) is 21.3 Å². The van der Waals surface area contributed by atoms with E-state index in [1.807, 2.05) is 6.07 Å². The van der Waals surface area contributed by atoms with Crippen LogP contribution in [0, 0.1) is 0 Å². The summed E-state index contributed by atoms with van der Waals surface area (Å²) in [6.07, 6.45) is 6.29. The molecule has 0 spiro atoms. The van der Waals surface area contributed by atoms with Crippen LogP contribution in [0.5, 0.6) is 5.75 Å². The molecule has 7 rings (SSSR count). The molecule has 1 saturated carbocycles. The molecular weight excluding hydrogens is 546 g/mol. The molecule has 0 saturated heterocycles. The van der Waals surface area contributed by atoms with E-state index in [1.54, 1.807) is 53.6 Å². The van der Waals surface area contributed by atoms with Crippen LogP contribution in [0.4, 0.5) is 0 Å². The fraction of sp³-hybridized carbons (Fsp3) is 0.241. The number of nitrogens with zero attached hydrogens (tertiary/aromatic N) is 6. The van der Waals surface area contributed by atoms with Crippen LogP contribution in [0.15, 0.2) is 61.1 Å². The molecule has 12 heteroatoms. The molecule has 3 aromatic heterocycles. The van der Waals surface area contributed by atoms with Crippen LogP contribution < -0.4 is 4.74 Å². The topological polar surface area (TPSA) is 139 Å². The second-order valence-corrected chi connectivity index (χ2v) is 10.6. The number of fused-ring (bicyclic) bond motifs is 2. The largest absolute Gasteiger partial charge is 0.478 e. The molecular formula is C29H24ClN7O4. The Morgan fingerprint density at radius 3 is 2.76 bits per heavy atom. The van der Waals surface area contributed by atoms with Gasteiger partial charge in [0, 0.05) is 22.7 Å². The number of halogens is 1. The molecule has 1 fully saturated rings. The lowest BCUT2D eigenvalue weighted by Gasteiger charge is -2.40. The molecule has 1 aliphatic carbocycles. The van der Waals surface area contributed by atoms with E-state index < -0.39 is 5.97 Å². The quantitative estimate of drug-likeness (QED) is 0.294. The normalized spacial score (nSPS) is 18.8. The number of ether oxygens (including phenoxy) is 1. The van der Waals surface area contributed by atoms with Crippen molar-refractivity contribution in [1.29, 1.82) is 0 Å². The summed E-state index contributed by atoms with van der Waals surface area (Å²) < 4.78 is 8.04. The molecule has 5 aromatic rings. The molecule has 2 aliphatic rings. The van der Waals surface area contributed by atoms with Crippen LogP contribution >= 0.6 is 11.6 Å². The number of carboxylic acid groups (broad SMARTS) is 1. The first-order chi connectivity index (χ1) is 20.0. The van der Waals surface area contributed by atoms with Gasteiger partial charge in [-0.25, -0.2) is 14.8 Å². The lowest BCUT2D eigenvalue weighted by molar-refractivity contribution is 0.0280.